The lowest BCUT2D eigenvalue weighted by molar-refractivity contribution is -0.132. The van der Waals surface area contributed by atoms with Gasteiger partial charge in [0.15, 0.2) is 0 Å². The zero-order valence-corrected chi connectivity index (χ0v) is 15.1. The highest BCUT2D eigenvalue weighted by molar-refractivity contribution is 9.10. The fourth-order valence-corrected chi connectivity index (χ4v) is 3.37. The van der Waals surface area contributed by atoms with Crippen LogP contribution in [0.15, 0.2) is 53.0 Å². The number of aromatic hydroxyl groups is 1. The summed E-state index contributed by atoms with van der Waals surface area (Å²) in [6, 6.07) is 15.4. The van der Waals surface area contributed by atoms with E-state index in [0.29, 0.717) is 18.7 Å². The average Bonchev–Trinajstić information content (AvgIpc) is 2.60. The van der Waals surface area contributed by atoms with Gasteiger partial charge in [0.05, 0.1) is 6.42 Å². The van der Waals surface area contributed by atoms with E-state index < -0.39 is 0 Å². The van der Waals surface area contributed by atoms with Crippen molar-refractivity contribution in [2.75, 3.05) is 26.2 Å². The normalized spacial score (nSPS) is 15.5. The number of phenolic OH excluding ortho intramolecular Hbond substituents is 1. The number of rotatable bonds is 4. The van der Waals surface area contributed by atoms with E-state index in [1.165, 1.54) is 0 Å². The molecule has 5 heteroatoms. The van der Waals surface area contributed by atoms with Gasteiger partial charge in [0.1, 0.15) is 5.75 Å². The first kappa shape index (κ1) is 17.0. The summed E-state index contributed by atoms with van der Waals surface area (Å²) >= 11 is 3.44. The predicted molar refractivity (Wildman–Crippen MR) is 97.8 cm³/mol. The third kappa shape index (κ3) is 4.36. The summed E-state index contributed by atoms with van der Waals surface area (Å²) in [5, 5.41) is 9.96. The SMILES string of the molecule is O=C(Cc1ccccc1)N1CCN(Cc2cc(Br)ccc2O)CC1. The smallest absolute Gasteiger partial charge is 0.227 e. The molecule has 24 heavy (non-hydrogen) atoms. The zero-order valence-electron chi connectivity index (χ0n) is 13.5. The second-order valence-corrected chi connectivity index (χ2v) is 7.01. The number of piperazine rings is 1. The number of amides is 1. The van der Waals surface area contributed by atoms with E-state index in [-0.39, 0.29) is 5.91 Å². The van der Waals surface area contributed by atoms with Crippen molar-refractivity contribution in [3.63, 3.8) is 0 Å². The van der Waals surface area contributed by atoms with Crippen molar-refractivity contribution >= 4 is 21.8 Å². The Balaban J connectivity index is 1.52. The second-order valence-electron chi connectivity index (χ2n) is 6.09. The number of benzene rings is 2. The van der Waals surface area contributed by atoms with Crippen LogP contribution in [-0.2, 0) is 17.8 Å². The Morgan fingerprint density at radius 2 is 1.75 bits per heavy atom. The Bertz CT molecular complexity index is 698. The van der Waals surface area contributed by atoms with Gasteiger partial charge in [-0.2, -0.15) is 0 Å². The molecule has 0 radical (unpaired) electrons. The molecule has 0 aromatic heterocycles. The van der Waals surface area contributed by atoms with Crippen LogP contribution in [0, 0.1) is 0 Å². The van der Waals surface area contributed by atoms with Crippen molar-refractivity contribution in [2.45, 2.75) is 13.0 Å². The minimum atomic E-state index is 0.186. The van der Waals surface area contributed by atoms with Crippen LogP contribution in [0.1, 0.15) is 11.1 Å². The molecule has 1 fully saturated rings. The van der Waals surface area contributed by atoms with Gasteiger partial charge in [0.25, 0.3) is 0 Å². The van der Waals surface area contributed by atoms with Crippen LogP contribution in [0.2, 0.25) is 0 Å². The summed E-state index contributed by atoms with van der Waals surface area (Å²) in [4.78, 5) is 16.6. The quantitative estimate of drug-likeness (QED) is 0.875. The van der Waals surface area contributed by atoms with E-state index in [0.717, 1.165) is 41.8 Å². The largest absolute Gasteiger partial charge is 0.508 e. The van der Waals surface area contributed by atoms with Crippen LogP contribution in [0.5, 0.6) is 5.75 Å². The molecule has 0 bridgehead atoms. The highest BCUT2D eigenvalue weighted by Gasteiger charge is 2.21. The Labute approximate surface area is 150 Å². The number of carbonyl (C=O) groups excluding carboxylic acids is 1. The van der Waals surface area contributed by atoms with Crippen LogP contribution in [-0.4, -0.2) is 47.0 Å². The molecule has 1 aliphatic rings. The van der Waals surface area contributed by atoms with E-state index in [9.17, 15) is 9.90 Å². The molecule has 0 aliphatic carbocycles. The molecule has 0 atom stereocenters. The number of nitrogens with zero attached hydrogens (tertiary/aromatic N) is 2. The molecular weight excluding hydrogens is 368 g/mol. The van der Waals surface area contributed by atoms with Crippen LogP contribution >= 0.6 is 15.9 Å². The maximum absolute atomic E-state index is 12.4. The Morgan fingerprint density at radius 1 is 1.04 bits per heavy atom. The molecule has 1 aliphatic heterocycles. The molecule has 1 heterocycles. The molecule has 2 aromatic rings. The number of phenols is 1. The van der Waals surface area contributed by atoms with Gasteiger partial charge in [-0.1, -0.05) is 46.3 Å². The van der Waals surface area contributed by atoms with Gasteiger partial charge in [-0.05, 0) is 23.8 Å². The maximum atomic E-state index is 12.4. The molecule has 1 saturated heterocycles. The minimum Gasteiger partial charge on any atom is -0.508 e. The third-order valence-corrected chi connectivity index (χ3v) is 4.85. The summed E-state index contributed by atoms with van der Waals surface area (Å²) in [6.07, 6.45) is 0.466. The molecule has 0 saturated carbocycles. The van der Waals surface area contributed by atoms with Crippen molar-refractivity contribution in [2.24, 2.45) is 0 Å². The van der Waals surface area contributed by atoms with Crippen LogP contribution in [0.3, 0.4) is 0 Å². The number of halogens is 1. The van der Waals surface area contributed by atoms with Crippen molar-refractivity contribution < 1.29 is 9.90 Å². The van der Waals surface area contributed by atoms with Gasteiger partial charge in [-0.15, -0.1) is 0 Å². The van der Waals surface area contributed by atoms with Crippen molar-refractivity contribution in [3.8, 4) is 5.75 Å². The molecule has 1 N–H and O–H groups in total. The lowest BCUT2D eigenvalue weighted by atomic mass is 10.1. The number of hydrogen-bond donors (Lipinski definition) is 1. The van der Waals surface area contributed by atoms with Crippen LogP contribution < -0.4 is 0 Å². The summed E-state index contributed by atoms with van der Waals surface area (Å²) in [6.45, 7) is 3.83. The third-order valence-electron chi connectivity index (χ3n) is 4.36. The summed E-state index contributed by atoms with van der Waals surface area (Å²) in [5.41, 5.74) is 1.97. The predicted octanol–water partition coefficient (Wildman–Crippen LogP) is 3.04. The van der Waals surface area contributed by atoms with Crippen molar-refractivity contribution in [1.29, 1.82) is 0 Å². The molecule has 0 spiro atoms. The van der Waals surface area contributed by atoms with Gasteiger partial charge in [-0.25, -0.2) is 0 Å². The monoisotopic (exact) mass is 388 g/mol. The Kier molecular flexibility index (Phi) is 5.53. The first-order chi connectivity index (χ1) is 11.6. The lowest BCUT2D eigenvalue weighted by Crippen LogP contribution is -2.48. The summed E-state index contributed by atoms with van der Waals surface area (Å²) in [5.74, 6) is 0.506. The first-order valence-electron chi connectivity index (χ1n) is 8.13. The van der Waals surface area contributed by atoms with Gasteiger partial charge >= 0.3 is 0 Å². The van der Waals surface area contributed by atoms with Gasteiger partial charge in [0, 0.05) is 42.8 Å². The highest BCUT2D eigenvalue weighted by Crippen LogP contribution is 2.23. The van der Waals surface area contributed by atoms with E-state index in [2.05, 4.69) is 20.8 Å². The zero-order chi connectivity index (χ0) is 16.9. The molecule has 126 valence electrons. The summed E-state index contributed by atoms with van der Waals surface area (Å²) < 4.78 is 0.965. The van der Waals surface area contributed by atoms with Crippen molar-refractivity contribution in [1.82, 2.24) is 9.80 Å². The average molecular weight is 389 g/mol. The second kappa shape index (κ2) is 7.81. The molecule has 3 rings (SSSR count). The molecule has 4 nitrogen and oxygen atoms in total. The maximum Gasteiger partial charge on any atom is 0.227 e. The Hall–Kier alpha value is -1.85. The topological polar surface area (TPSA) is 43.8 Å². The Morgan fingerprint density at radius 3 is 2.46 bits per heavy atom. The van der Waals surface area contributed by atoms with Crippen LogP contribution in [0.4, 0.5) is 0 Å². The molecule has 1 amide bonds. The molecular formula is C19H21BrN2O2. The summed E-state index contributed by atoms with van der Waals surface area (Å²) in [7, 11) is 0. The fraction of sp³-hybridized carbons (Fsp3) is 0.316. The van der Waals surface area contributed by atoms with E-state index >= 15 is 0 Å². The van der Waals surface area contributed by atoms with Crippen LogP contribution in [0.25, 0.3) is 0 Å². The van der Waals surface area contributed by atoms with Gasteiger partial charge in [-0.3, -0.25) is 9.69 Å². The first-order valence-corrected chi connectivity index (χ1v) is 8.92. The van der Waals surface area contributed by atoms with Gasteiger partial charge in [0.2, 0.25) is 5.91 Å². The van der Waals surface area contributed by atoms with E-state index in [1.54, 1.807) is 6.07 Å². The molecule has 2 aromatic carbocycles. The highest BCUT2D eigenvalue weighted by atomic mass is 79.9. The van der Waals surface area contributed by atoms with E-state index in [4.69, 9.17) is 0 Å². The minimum absolute atomic E-state index is 0.186. The number of carbonyl (C=O) groups is 1. The van der Waals surface area contributed by atoms with E-state index in [1.807, 2.05) is 47.4 Å². The van der Waals surface area contributed by atoms with Crippen molar-refractivity contribution in [3.05, 3.63) is 64.1 Å². The van der Waals surface area contributed by atoms with Gasteiger partial charge < -0.3 is 10.0 Å². The number of hydrogen-bond acceptors (Lipinski definition) is 3. The fourth-order valence-electron chi connectivity index (χ4n) is 2.96. The standard InChI is InChI=1S/C19H21BrN2O2/c20-17-6-7-18(23)16(13-17)14-21-8-10-22(11-9-21)19(24)12-15-4-2-1-3-5-15/h1-7,13,23H,8-12,14H2. The lowest BCUT2D eigenvalue weighted by Gasteiger charge is -2.35. The molecule has 0 unspecified atom stereocenters.